The van der Waals surface area contributed by atoms with Gasteiger partial charge in [-0.25, -0.2) is 4.98 Å². The van der Waals surface area contributed by atoms with Crippen molar-refractivity contribution in [2.75, 3.05) is 18.6 Å². The second kappa shape index (κ2) is 9.18. The van der Waals surface area contributed by atoms with E-state index in [9.17, 15) is 9.59 Å². The van der Waals surface area contributed by atoms with Crippen LogP contribution in [0, 0.1) is 0 Å². The minimum atomic E-state index is -0.576. The second-order valence-electron chi connectivity index (χ2n) is 7.25. The predicted octanol–water partition coefficient (Wildman–Crippen LogP) is 4.92. The van der Waals surface area contributed by atoms with Crippen LogP contribution in [0.5, 0.6) is 17.2 Å². The summed E-state index contributed by atoms with van der Waals surface area (Å²) in [6, 6.07) is 13.8. The second-order valence-corrected chi connectivity index (χ2v) is 8.60. The number of primary amides is 1. The Morgan fingerprint density at radius 2 is 1.97 bits per heavy atom. The maximum absolute atomic E-state index is 12.8. The topological polar surface area (TPSA) is 94.8 Å². The zero-order chi connectivity index (χ0) is 22.8. The van der Waals surface area contributed by atoms with Gasteiger partial charge in [-0.2, -0.15) is 0 Å². The molecule has 1 aromatic heterocycles. The van der Waals surface area contributed by atoms with Crippen LogP contribution in [0.4, 0.5) is 5.82 Å². The SMILES string of the molecule is COc1ccc(Br)cc1Oc1cc(Cl)ccc1C1CC(=O)N(c2cc(C(N)=O)ccn2)C1. The van der Waals surface area contributed by atoms with Gasteiger partial charge in [0.2, 0.25) is 11.8 Å². The van der Waals surface area contributed by atoms with Crippen LogP contribution >= 0.6 is 27.5 Å². The third-order valence-electron chi connectivity index (χ3n) is 5.19. The molecule has 0 spiro atoms. The van der Waals surface area contributed by atoms with Gasteiger partial charge in [-0.15, -0.1) is 0 Å². The van der Waals surface area contributed by atoms with Crippen LogP contribution in [0.3, 0.4) is 0 Å². The number of benzene rings is 2. The molecule has 1 aliphatic rings. The first-order valence-electron chi connectivity index (χ1n) is 9.72. The minimum absolute atomic E-state index is 0.106. The lowest BCUT2D eigenvalue weighted by Crippen LogP contribution is -2.26. The van der Waals surface area contributed by atoms with Crippen molar-refractivity contribution in [1.29, 1.82) is 0 Å². The van der Waals surface area contributed by atoms with Crippen LogP contribution in [-0.2, 0) is 4.79 Å². The summed E-state index contributed by atoms with van der Waals surface area (Å²) < 4.78 is 12.4. The number of carbonyl (C=O) groups is 2. The molecule has 164 valence electrons. The summed E-state index contributed by atoms with van der Waals surface area (Å²) in [5.74, 6) is 1.16. The number of hydrogen-bond acceptors (Lipinski definition) is 5. The van der Waals surface area contributed by atoms with Gasteiger partial charge in [-0.05, 0) is 42.5 Å². The molecule has 3 aromatic rings. The number of ether oxygens (including phenoxy) is 2. The third-order valence-corrected chi connectivity index (χ3v) is 5.92. The van der Waals surface area contributed by atoms with Crippen molar-refractivity contribution in [2.45, 2.75) is 12.3 Å². The van der Waals surface area contributed by atoms with Crippen LogP contribution < -0.4 is 20.1 Å². The monoisotopic (exact) mass is 515 g/mol. The average molecular weight is 517 g/mol. The van der Waals surface area contributed by atoms with Gasteiger partial charge in [0.1, 0.15) is 11.6 Å². The summed E-state index contributed by atoms with van der Waals surface area (Å²) >= 11 is 9.69. The highest BCUT2D eigenvalue weighted by molar-refractivity contribution is 9.10. The molecule has 9 heteroatoms. The maximum atomic E-state index is 12.8. The van der Waals surface area contributed by atoms with Gasteiger partial charge in [0.15, 0.2) is 11.5 Å². The lowest BCUT2D eigenvalue weighted by atomic mass is 9.97. The average Bonchev–Trinajstić information content (AvgIpc) is 3.15. The Hall–Kier alpha value is -3.10. The van der Waals surface area contributed by atoms with Crippen LogP contribution in [-0.4, -0.2) is 30.5 Å². The highest BCUT2D eigenvalue weighted by atomic mass is 79.9. The van der Waals surface area contributed by atoms with Crippen molar-refractivity contribution in [3.8, 4) is 17.2 Å². The molecule has 2 N–H and O–H groups in total. The normalized spacial score (nSPS) is 15.7. The Bertz CT molecular complexity index is 1200. The number of amides is 2. The van der Waals surface area contributed by atoms with Crippen LogP contribution in [0.1, 0.15) is 28.3 Å². The van der Waals surface area contributed by atoms with E-state index >= 15 is 0 Å². The summed E-state index contributed by atoms with van der Waals surface area (Å²) in [6.45, 7) is 0.377. The lowest BCUT2D eigenvalue weighted by molar-refractivity contribution is -0.117. The fourth-order valence-electron chi connectivity index (χ4n) is 3.64. The number of carbonyl (C=O) groups excluding carboxylic acids is 2. The first-order chi connectivity index (χ1) is 15.4. The molecular formula is C23H19BrClN3O4. The van der Waals surface area contributed by atoms with Gasteiger partial charge in [-0.1, -0.05) is 33.6 Å². The van der Waals surface area contributed by atoms with E-state index in [1.807, 2.05) is 12.1 Å². The Morgan fingerprint density at radius 1 is 1.16 bits per heavy atom. The first-order valence-corrected chi connectivity index (χ1v) is 10.9. The Labute approximate surface area is 198 Å². The summed E-state index contributed by atoms with van der Waals surface area (Å²) in [6.07, 6.45) is 1.72. The van der Waals surface area contributed by atoms with Gasteiger partial charge in [0.25, 0.3) is 0 Å². The van der Waals surface area contributed by atoms with E-state index in [1.54, 1.807) is 36.3 Å². The molecule has 1 atom stereocenters. The Kier molecular flexibility index (Phi) is 6.34. The highest BCUT2D eigenvalue weighted by Gasteiger charge is 2.34. The number of anilines is 1. The molecule has 1 saturated heterocycles. The molecule has 2 aromatic carbocycles. The van der Waals surface area contributed by atoms with Gasteiger partial charge < -0.3 is 15.2 Å². The first kappa shape index (κ1) is 22.1. The van der Waals surface area contributed by atoms with E-state index < -0.39 is 5.91 Å². The number of rotatable bonds is 6. The maximum Gasteiger partial charge on any atom is 0.248 e. The number of aromatic nitrogens is 1. The minimum Gasteiger partial charge on any atom is -0.493 e. The number of pyridine rings is 1. The molecule has 1 unspecified atom stereocenters. The van der Waals surface area contributed by atoms with Gasteiger partial charge in [0.05, 0.1) is 7.11 Å². The summed E-state index contributed by atoms with van der Waals surface area (Å²) in [7, 11) is 1.57. The molecule has 2 amide bonds. The molecule has 1 aliphatic heterocycles. The fourth-order valence-corrected chi connectivity index (χ4v) is 4.14. The fraction of sp³-hybridized carbons (Fsp3) is 0.174. The molecule has 0 radical (unpaired) electrons. The molecule has 1 fully saturated rings. The van der Waals surface area contributed by atoms with E-state index in [4.69, 9.17) is 26.8 Å². The van der Waals surface area contributed by atoms with Crippen LogP contribution in [0.15, 0.2) is 59.2 Å². The van der Waals surface area contributed by atoms with Crippen molar-refractivity contribution in [3.63, 3.8) is 0 Å². The van der Waals surface area contributed by atoms with Gasteiger partial charge in [-0.3, -0.25) is 14.5 Å². The standard InChI is InChI=1S/C23H19BrClN3O4/c1-31-18-5-2-15(24)10-20(18)32-19-11-16(25)3-4-17(19)14-9-22(29)28(12-14)21-8-13(23(26)30)6-7-27-21/h2-8,10-11,14H,9,12H2,1H3,(H2,26,30). The molecule has 0 saturated carbocycles. The van der Waals surface area contributed by atoms with E-state index in [0.717, 1.165) is 10.0 Å². The summed E-state index contributed by atoms with van der Waals surface area (Å²) in [5.41, 5.74) is 6.49. The predicted molar refractivity (Wildman–Crippen MR) is 125 cm³/mol. The van der Waals surface area contributed by atoms with Crippen molar-refractivity contribution in [2.24, 2.45) is 5.73 Å². The number of nitrogens with two attached hydrogens (primary N) is 1. The molecule has 7 nitrogen and oxygen atoms in total. The summed E-state index contributed by atoms with van der Waals surface area (Å²) in [5, 5.41) is 0.509. The van der Waals surface area contributed by atoms with Crippen LogP contribution in [0.2, 0.25) is 5.02 Å². The third kappa shape index (κ3) is 4.56. The number of halogens is 2. The number of nitrogens with zero attached hydrogens (tertiary/aromatic N) is 2. The Morgan fingerprint density at radius 3 is 2.72 bits per heavy atom. The molecule has 0 bridgehead atoms. The zero-order valence-corrected chi connectivity index (χ0v) is 19.4. The van der Waals surface area contributed by atoms with Crippen LogP contribution in [0.25, 0.3) is 0 Å². The van der Waals surface area contributed by atoms with E-state index in [-0.39, 0.29) is 18.2 Å². The largest absolute Gasteiger partial charge is 0.493 e. The van der Waals surface area contributed by atoms with E-state index in [1.165, 1.54) is 18.3 Å². The highest BCUT2D eigenvalue weighted by Crippen LogP contribution is 2.41. The van der Waals surface area contributed by atoms with Crippen molar-refractivity contribution < 1.29 is 19.1 Å². The van der Waals surface area contributed by atoms with Crippen molar-refractivity contribution >= 4 is 45.2 Å². The molecule has 2 heterocycles. The van der Waals surface area contributed by atoms with E-state index in [0.29, 0.717) is 40.2 Å². The van der Waals surface area contributed by atoms with Gasteiger partial charge in [0, 0.05) is 45.7 Å². The number of hydrogen-bond donors (Lipinski definition) is 1. The van der Waals surface area contributed by atoms with Gasteiger partial charge >= 0.3 is 0 Å². The Balaban J connectivity index is 1.65. The van der Waals surface area contributed by atoms with Crippen molar-refractivity contribution in [1.82, 2.24) is 4.98 Å². The molecule has 4 rings (SSSR count). The lowest BCUT2D eigenvalue weighted by Gasteiger charge is -2.19. The molecule has 0 aliphatic carbocycles. The van der Waals surface area contributed by atoms with E-state index in [2.05, 4.69) is 20.9 Å². The number of methoxy groups -OCH3 is 1. The smallest absolute Gasteiger partial charge is 0.248 e. The quantitative estimate of drug-likeness (QED) is 0.502. The molecular weight excluding hydrogens is 498 g/mol. The zero-order valence-electron chi connectivity index (χ0n) is 17.0. The molecule has 32 heavy (non-hydrogen) atoms. The van der Waals surface area contributed by atoms with Crippen molar-refractivity contribution in [3.05, 3.63) is 75.4 Å². The summed E-state index contributed by atoms with van der Waals surface area (Å²) in [4.78, 5) is 30.1.